The van der Waals surface area contributed by atoms with Crippen molar-refractivity contribution in [2.24, 2.45) is 5.92 Å². The quantitative estimate of drug-likeness (QED) is 0.848. The molecule has 1 aromatic carbocycles. The number of hydrogen-bond donors (Lipinski definition) is 1. The third-order valence-electron chi connectivity index (χ3n) is 5.50. The molecule has 6 nitrogen and oxygen atoms in total. The number of carbonyl (C=O) groups excluding carboxylic acids is 1. The van der Waals surface area contributed by atoms with E-state index in [1.54, 1.807) is 17.0 Å². The average Bonchev–Trinajstić information content (AvgIpc) is 3.03. The number of hydrogen-bond acceptors (Lipinski definition) is 4. The highest BCUT2D eigenvalue weighted by atomic mass is 19.1. The second kappa shape index (κ2) is 8.73. The van der Waals surface area contributed by atoms with Gasteiger partial charge in [0.2, 0.25) is 0 Å². The number of halogens is 1. The molecule has 1 atom stereocenters. The summed E-state index contributed by atoms with van der Waals surface area (Å²) >= 11 is 0. The van der Waals surface area contributed by atoms with Crippen LogP contribution >= 0.6 is 0 Å². The number of amides is 1. The topological polar surface area (TPSA) is 75.7 Å². The van der Waals surface area contributed by atoms with Gasteiger partial charge in [0.1, 0.15) is 5.82 Å². The van der Waals surface area contributed by atoms with Crippen LogP contribution in [0.1, 0.15) is 56.0 Å². The van der Waals surface area contributed by atoms with Crippen LogP contribution in [0.25, 0.3) is 0 Å². The summed E-state index contributed by atoms with van der Waals surface area (Å²) in [5.41, 5.74) is 1.46. The van der Waals surface area contributed by atoms with Crippen molar-refractivity contribution >= 4 is 6.03 Å². The Morgan fingerprint density at radius 1 is 1.25 bits per heavy atom. The number of likely N-dealkylation sites (tertiary alicyclic amines) is 1. The second-order valence-corrected chi connectivity index (χ2v) is 7.31. The Morgan fingerprint density at radius 2 is 1.89 bits per heavy atom. The van der Waals surface area contributed by atoms with E-state index >= 15 is 0 Å². The van der Waals surface area contributed by atoms with Crippen molar-refractivity contribution in [2.75, 3.05) is 13.1 Å². The first-order chi connectivity index (χ1) is 13.5. The summed E-state index contributed by atoms with van der Waals surface area (Å²) in [6.45, 7) is 4.81. The number of aliphatic hydroxyl groups is 1. The first-order valence-corrected chi connectivity index (χ1v) is 9.93. The first kappa shape index (κ1) is 20.3. The molecule has 152 valence electrons. The highest BCUT2D eigenvalue weighted by molar-refractivity contribution is 5.76. The molecule has 0 saturated carbocycles. The summed E-state index contributed by atoms with van der Waals surface area (Å²) in [5, 5.41) is 10.6. The summed E-state index contributed by atoms with van der Waals surface area (Å²) < 4.78 is 19.5. The lowest BCUT2D eigenvalue weighted by Gasteiger charge is -2.34. The monoisotopic (exact) mass is 390 g/mol. The Bertz CT molecular complexity index is 864. The molecule has 2 aromatic rings. The predicted molar refractivity (Wildman–Crippen MR) is 103 cm³/mol. The van der Waals surface area contributed by atoms with E-state index in [0.717, 1.165) is 11.2 Å². The van der Waals surface area contributed by atoms with Crippen LogP contribution in [-0.2, 0) is 12.8 Å². The molecule has 1 fully saturated rings. The molecule has 1 N–H and O–H groups in total. The third kappa shape index (κ3) is 4.04. The fourth-order valence-electron chi connectivity index (χ4n) is 3.89. The van der Waals surface area contributed by atoms with Gasteiger partial charge in [0, 0.05) is 13.1 Å². The van der Waals surface area contributed by atoms with Crippen molar-refractivity contribution in [1.29, 1.82) is 0 Å². The van der Waals surface area contributed by atoms with Crippen molar-refractivity contribution in [3.63, 3.8) is 0 Å². The molecular weight excluding hydrogens is 363 g/mol. The minimum absolute atomic E-state index is 0.00695. The first-order valence-electron chi connectivity index (χ1n) is 9.93. The molecule has 1 aliphatic rings. The highest BCUT2D eigenvalue weighted by Crippen LogP contribution is 2.31. The number of benzene rings is 1. The molecule has 1 aliphatic heterocycles. The molecule has 3 rings (SSSR count). The molecule has 1 unspecified atom stereocenters. The zero-order valence-electron chi connectivity index (χ0n) is 16.4. The van der Waals surface area contributed by atoms with Crippen LogP contribution in [-0.4, -0.2) is 33.9 Å². The molecule has 2 heterocycles. The highest BCUT2D eigenvalue weighted by Gasteiger charge is 2.31. The maximum Gasteiger partial charge on any atom is 0.361 e. The summed E-state index contributed by atoms with van der Waals surface area (Å²) in [4.78, 5) is 26.6. The number of nitrogens with zero attached hydrogens (tertiary/aromatic N) is 2. The Balaban J connectivity index is 1.69. The van der Waals surface area contributed by atoms with Gasteiger partial charge in [-0.15, -0.1) is 4.74 Å². The van der Waals surface area contributed by atoms with Crippen molar-refractivity contribution < 1.29 is 18.8 Å². The van der Waals surface area contributed by atoms with E-state index in [-0.39, 0.29) is 17.8 Å². The van der Waals surface area contributed by atoms with Crippen LogP contribution in [0.15, 0.2) is 33.6 Å². The van der Waals surface area contributed by atoms with E-state index in [1.165, 1.54) is 12.1 Å². The summed E-state index contributed by atoms with van der Waals surface area (Å²) in [5.74, 6) is -0.341. The van der Waals surface area contributed by atoms with E-state index in [0.29, 0.717) is 55.6 Å². The van der Waals surface area contributed by atoms with E-state index < -0.39 is 11.7 Å². The fourth-order valence-corrected chi connectivity index (χ4v) is 3.89. The molecule has 1 saturated heterocycles. The lowest BCUT2D eigenvalue weighted by molar-refractivity contribution is 0.0631. The van der Waals surface area contributed by atoms with Crippen LogP contribution < -0.4 is 5.63 Å². The van der Waals surface area contributed by atoms with Gasteiger partial charge < -0.3 is 14.5 Å². The number of aromatic nitrogens is 1. The number of carbonyl (C=O) groups is 1. The number of aliphatic hydroxyl groups excluding tert-OH is 1. The van der Waals surface area contributed by atoms with Gasteiger partial charge >= 0.3 is 11.7 Å². The maximum absolute atomic E-state index is 13.1. The van der Waals surface area contributed by atoms with Gasteiger partial charge in [-0.2, -0.15) is 0 Å². The van der Waals surface area contributed by atoms with E-state index in [4.69, 9.17) is 4.52 Å². The average molecular weight is 390 g/mol. The molecule has 1 amide bonds. The van der Waals surface area contributed by atoms with E-state index in [1.807, 2.05) is 13.8 Å². The zero-order chi connectivity index (χ0) is 20.3. The molecule has 7 heteroatoms. The number of piperidine rings is 1. The van der Waals surface area contributed by atoms with Gasteiger partial charge in [-0.05, 0) is 49.3 Å². The fraction of sp³-hybridized carbons (Fsp3) is 0.524. The minimum Gasteiger partial charge on any atom is -0.388 e. The second-order valence-electron chi connectivity index (χ2n) is 7.31. The lowest BCUT2D eigenvalue weighted by atomic mass is 9.87. The van der Waals surface area contributed by atoms with Crippen LogP contribution in [0.5, 0.6) is 0 Å². The van der Waals surface area contributed by atoms with Gasteiger partial charge in [-0.1, -0.05) is 32.4 Å². The molecule has 1 aromatic heterocycles. The molecule has 0 spiro atoms. The van der Waals surface area contributed by atoms with Gasteiger partial charge in [0.05, 0.1) is 17.4 Å². The van der Waals surface area contributed by atoms with E-state index in [2.05, 4.69) is 0 Å². The van der Waals surface area contributed by atoms with Gasteiger partial charge in [-0.25, -0.2) is 14.0 Å². The van der Waals surface area contributed by atoms with Crippen molar-refractivity contribution in [3.8, 4) is 0 Å². The van der Waals surface area contributed by atoms with Crippen LogP contribution in [0.2, 0.25) is 0 Å². The lowest BCUT2D eigenvalue weighted by Crippen LogP contribution is -2.42. The zero-order valence-corrected chi connectivity index (χ0v) is 16.4. The summed E-state index contributed by atoms with van der Waals surface area (Å²) in [7, 11) is 0. The summed E-state index contributed by atoms with van der Waals surface area (Å²) in [6.07, 6.45) is 2.51. The van der Waals surface area contributed by atoms with Crippen LogP contribution in [0.3, 0.4) is 0 Å². The molecule has 0 radical (unpaired) electrons. The SMILES string of the molecule is CCCc1c(CC)c(=O)on1C(=O)N1CCC(C(O)c2ccc(F)cc2)CC1. The van der Waals surface area contributed by atoms with Crippen LogP contribution in [0.4, 0.5) is 9.18 Å². The minimum atomic E-state index is -0.690. The predicted octanol–water partition coefficient (Wildman–Crippen LogP) is 3.51. The Hall–Kier alpha value is -2.41. The summed E-state index contributed by atoms with van der Waals surface area (Å²) in [6, 6.07) is 5.54. The largest absolute Gasteiger partial charge is 0.388 e. The normalized spacial score (nSPS) is 16.4. The Labute approximate surface area is 163 Å². The van der Waals surface area contributed by atoms with Gasteiger partial charge in [0.15, 0.2) is 0 Å². The smallest absolute Gasteiger partial charge is 0.361 e. The van der Waals surface area contributed by atoms with Crippen LogP contribution in [0, 0.1) is 11.7 Å². The maximum atomic E-state index is 13.1. The molecule has 0 bridgehead atoms. The Kier molecular flexibility index (Phi) is 6.34. The molecular formula is C21H27FN2O4. The van der Waals surface area contributed by atoms with Crippen molar-refractivity contribution in [3.05, 3.63) is 57.3 Å². The third-order valence-corrected chi connectivity index (χ3v) is 5.50. The molecule has 0 aliphatic carbocycles. The van der Waals surface area contributed by atoms with Gasteiger partial charge in [0.25, 0.3) is 0 Å². The number of rotatable bonds is 5. The molecule has 28 heavy (non-hydrogen) atoms. The van der Waals surface area contributed by atoms with Crippen molar-refractivity contribution in [2.45, 2.75) is 52.1 Å². The van der Waals surface area contributed by atoms with Crippen molar-refractivity contribution in [1.82, 2.24) is 9.64 Å². The van der Waals surface area contributed by atoms with Gasteiger partial charge in [-0.3, -0.25) is 0 Å². The van der Waals surface area contributed by atoms with E-state index in [9.17, 15) is 19.1 Å². The standard InChI is InChI=1S/C21H27FN2O4/c1-3-5-18-17(4-2)20(26)28-24(18)21(27)23-12-10-15(11-13-23)19(25)14-6-8-16(22)9-7-14/h6-9,15,19,25H,3-5,10-13H2,1-2H3. The Morgan fingerprint density at radius 3 is 2.46 bits per heavy atom.